The van der Waals surface area contributed by atoms with Gasteiger partial charge in [-0.1, -0.05) is 30.2 Å². The van der Waals surface area contributed by atoms with Crippen molar-refractivity contribution in [3.8, 4) is 0 Å². The van der Waals surface area contributed by atoms with E-state index in [1.54, 1.807) is 0 Å². The minimum atomic E-state index is -1.18. The molecule has 4 heteroatoms. The number of esters is 2. The monoisotopic (exact) mass is 292 g/mol. The van der Waals surface area contributed by atoms with Gasteiger partial charge in [0.1, 0.15) is 0 Å². The maximum Gasteiger partial charge on any atom is 0.323 e. The summed E-state index contributed by atoms with van der Waals surface area (Å²) in [6.07, 6.45) is 6.09. The van der Waals surface area contributed by atoms with Gasteiger partial charge in [0.15, 0.2) is 5.41 Å². The number of ether oxygens (including phenoxy) is 2. The lowest BCUT2D eigenvalue weighted by Gasteiger charge is -2.34. The van der Waals surface area contributed by atoms with Gasteiger partial charge in [-0.2, -0.15) is 0 Å². The van der Waals surface area contributed by atoms with Crippen molar-refractivity contribution in [1.82, 2.24) is 0 Å². The lowest BCUT2D eigenvalue weighted by molar-refractivity contribution is -0.169. The first-order valence-corrected chi connectivity index (χ1v) is 7.31. The molecule has 0 aliphatic heterocycles. The standard InChI is InChI=1S/C17H24O4/c1-11(2)12-7-6-8-16(3)10-17(9-13(12)16,14(18)20-4)15(19)21-5/h6,8,13H,7,9-10H2,1-5H3/t13-,16+/m1/s1. The van der Waals surface area contributed by atoms with Crippen LogP contribution in [0.3, 0.4) is 0 Å². The summed E-state index contributed by atoms with van der Waals surface area (Å²) in [5.41, 5.74) is 1.21. The molecule has 1 fully saturated rings. The van der Waals surface area contributed by atoms with E-state index in [0.29, 0.717) is 12.8 Å². The van der Waals surface area contributed by atoms with E-state index in [-0.39, 0.29) is 11.3 Å². The van der Waals surface area contributed by atoms with Crippen molar-refractivity contribution in [3.05, 3.63) is 23.3 Å². The molecular formula is C17H24O4. The Morgan fingerprint density at radius 2 is 1.76 bits per heavy atom. The summed E-state index contributed by atoms with van der Waals surface area (Å²) in [7, 11) is 2.66. The molecule has 0 unspecified atom stereocenters. The predicted octanol–water partition coefficient (Wildman–Crippen LogP) is 3.03. The quantitative estimate of drug-likeness (QED) is 0.446. The Morgan fingerprint density at radius 3 is 2.24 bits per heavy atom. The van der Waals surface area contributed by atoms with E-state index in [9.17, 15) is 9.59 Å². The number of methoxy groups -OCH3 is 2. The van der Waals surface area contributed by atoms with E-state index < -0.39 is 17.4 Å². The molecule has 116 valence electrons. The second kappa shape index (κ2) is 5.32. The van der Waals surface area contributed by atoms with Crippen molar-refractivity contribution >= 4 is 11.9 Å². The maximum atomic E-state index is 12.3. The van der Waals surface area contributed by atoms with Crippen molar-refractivity contribution in [1.29, 1.82) is 0 Å². The van der Waals surface area contributed by atoms with E-state index in [1.807, 2.05) is 0 Å². The first-order valence-electron chi connectivity index (χ1n) is 7.31. The van der Waals surface area contributed by atoms with Crippen molar-refractivity contribution in [2.45, 2.75) is 40.0 Å². The Bertz CT molecular complexity index is 509. The number of rotatable bonds is 2. The summed E-state index contributed by atoms with van der Waals surface area (Å²) in [4.78, 5) is 24.7. The minimum absolute atomic E-state index is 0.186. The molecular weight excluding hydrogens is 268 g/mol. The number of hydrogen-bond acceptors (Lipinski definition) is 4. The first kappa shape index (κ1) is 15.8. The number of carbonyl (C=O) groups excluding carboxylic acids is 2. The molecule has 1 saturated carbocycles. The smallest absolute Gasteiger partial charge is 0.323 e. The third-order valence-corrected chi connectivity index (χ3v) is 5.08. The van der Waals surface area contributed by atoms with Gasteiger partial charge in [0.2, 0.25) is 0 Å². The number of carbonyl (C=O) groups is 2. The van der Waals surface area contributed by atoms with Gasteiger partial charge in [-0.05, 0) is 44.4 Å². The second-order valence-corrected chi connectivity index (χ2v) is 6.64. The molecule has 21 heavy (non-hydrogen) atoms. The third kappa shape index (κ3) is 2.30. The topological polar surface area (TPSA) is 52.6 Å². The SMILES string of the molecule is COC(=O)C1(C(=O)OC)C[C@@H]2C(=C(C)C)CC=C[C@@]2(C)C1. The molecule has 2 atom stereocenters. The third-order valence-electron chi connectivity index (χ3n) is 5.08. The van der Waals surface area contributed by atoms with Gasteiger partial charge < -0.3 is 9.47 Å². The Balaban J connectivity index is 2.52. The first-order chi connectivity index (χ1) is 9.80. The van der Waals surface area contributed by atoms with Crippen LogP contribution < -0.4 is 0 Å². The Morgan fingerprint density at radius 1 is 1.19 bits per heavy atom. The van der Waals surface area contributed by atoms with Crippen LogP contribution in [-0.4, -0.2) is 26.2 Å². The Labute approximate surface area is 126 Å². The van der Waals surface area contributed by atoms with Crippen LogP contribution in [0.4, 0.5) is 0 Å². The van der Waals surface area contributed by atoms with Crippen molar-refractivity contribution in [3.63, 3.8) is 0 Å². The van der Waals surface area contributed by atoms with Gasteiger partial charge in [-0.15, -0.1) is 0 Å². The van der Waals surface area contributed by atoms with Gasteiger partial charge in [-0.25, -0.2) is 0 Å². The maximum absolute atomic E-state index is 12.3. The van der Waals surface area contributed by atoms with Gasteiger partial charge in [-0.3, -0.25) is 9.59 Å². The highest BCUT2D eigenvalue weighted by atomic mass is 16.5. The molecule has 2 rings (SSSR count). The molecule has 0 aromatic carbocycles. The zero-order valence-corrected chi connectivity index (χ0v) is 13.5. The zero-order valence-electron chi connectivity index (χ0n) is 13.5. The van der Waals surface area contributed by atoms with Gasteiger partial charge in [0, 0.05) is 0 Å². The Kier molecular flexibility index (Phi) is 4.00. The van der Waals surface area contributed by atoms with Gasteiger partial charge >= 0.3 is 11.9 Å². The van der Waals surface area contributed by atoms with Crippen LogP contribution in [0.15, 0.2) is 23.3 Å². The Hall–Kier alpha value is -1.58. The van der Waals surface area contributed by atoms with E-state index in [2.05, 4.69) is 32.9 Å². The molecule has 0 amide bonds. The number of fused-ring (bicyclic) bond motifs is 1. The average molecular weight is 292 g/mol. The largest absolute Gasteiger partial charge is 0.468 e. The highest BCUT2D eigenvalue weighted by Gasteiger charge is 2.62. The van der Waals surface area contributed by atoms with E-state index in [0.717, 1.165) is 6.42 Å². The molecule has 0 heterocycles. The van der Waals surface area contributed by atoms with Crippen molar-refractivity contribution in [2.24, 2.45) is 16.7 Å². The molecule has 0 radical (unpaired) electrons. The van der Waals surface area contributed by atoms with Crippen LogP contribution in [0.2, 0.25) is 0 Å². The molecule has 0 spiro atoms. The van der Waals surface area contributed by atoms with Crippen molar-refractivity contribution in [2.75, 3.05) is 14.2 Å². The minimum Gasteiger partial charge on any atom is -0.468 e. The highest BCUT2D eigenvalue weighted by Crippen LogP contribution is 2.60. The summed E-state index contributed by atoms with van der Waals surface area (Å²) in [6.45, 7) is 6.29. The van der Waals surface area contributed by atoms with E-state index >= 15 is 0 Å². The fourth-order valence-electron chi connectivity index (χ4n) is 4.06. The average Bonchev–Trinajstić information content (AvgIpc) is 2.79. The molecule has 2 aliphatic carbocycles. The zero-order chi connectivity index (χ0) is 15.8. The summed E-state index contributed by atoms with van der Waals surface area (Å²) in [5.74, 6) is -0.774. The van der Waals surface area contributed by atoms with E-state index in [4.69, 9.17) is 9.47 Å². The van der Waals surface area contributed by atoms with E-state index in [1.165, 1.54) is 25.4 Å². The van der Waals surface area contributed by atoms with Crippen LogP contribution >= 0.6 is 0 Å². The van der Waals surface area contributed by atoms with Crippen LogP contribution in [0.5, 0.6) is 0 Å². The summed E-state index contributed by atoms with van der Waals surface area (Å²) in [6, 6.07) is 0. The van der Waals surface area contributed by atoms with Crippen LogP contribution in [0, 0.1) is 16.7 Å². The van der Waals surface area contributed by atoms with Crippen LogP contribution in [-0.2, 0) is 19.1 Å². The summed E-state index contributed by atoms with van der Waals surface area (Å²) < 4.78 is 9.85. The lowest BCUT2D eigenvalue weighted by Crippen LogP contribution is -2.39. The van der Waals surface area contributed by atoms with Crippen molar-refractivity contribution < 1.29 is 19.1 Å². The number of allylic oxidation sites excluding steroid dienone is 4. The lowest BCUT2D eigenvalue weighted by atomic mass is 9.70. The second-order valence-electron chi connectivity index (χ2n) is 6.64. The molecule has 4 nitrogen and oxygen atoms in total. The highest BCUT2D eigenvalue weighted by molar-refractivity contribution is 6.00. The van der Waals surface area contributed by atoms with Gasteiger partial charge in [0.05, 0.1) is 14.2 Å². The molecule has 0 N–H and O–H groups in total. The summed E-state index contributed by atoms with van der Waals surface area (Å²) >= 11 is 0. The fourth-order valence-corrected chi connectivity index (χ4v) is 4.06. The van der Waals surface area contributed by atoms with Crippen LogP contribution in [0.1, 0.15) is 40.0 Å². The molecule has 2 aliphatic rings. The normalized spacial score (nSPS) is 29.8. The molecule has 0 aromatic heterocycles. The molecule has 0 aromatic rings. The summed E-state index contributed by atoms with van der Waals surface area (Å²) in [5, 5.41) is 0. The van der Waals surface area contributed by atoms with Crippen LogP contribution in [0.25, 0.3) is 0 Å². The van der Waals surface area contributed by atoms with Gasteiger partial charge in [0.25, 0.3) is 0 Å². The molecule has 0 bridgehead atoms. The fraction of sp³-hybridized carbons (Fsp3) is 0.647. The molecule has 0 saturated heterocycles. The number of hydrogen-bond donors (Lipinski definition) is 0. The predicted molar refractivity (Wildman–Crippen MR) is 79.4 cm³/mol.